The van der Waals surface area contributed by atoms with Gasteiger partial charge >= 0.3 is 0 Å². The first-order valence-electron chi connectivity index (χ1n) is 10.3. The van der Waals surface area contributed by atoms with Crippen molar-refractivity contribution in [3.05, 3.63) is 41.9 Å². The molecule has 0 spiro atoms. The predicted molar refractivity (Wildman–Crippen MR) is 121 cm³/mol. The molecule has 31 heavy (non-hydrogen) atoms. The number of nitrogens with two attached hydrogens (primary N) is 1. The molecule has 1 unspecified atom stereocenters. The number of aryl methyl sites for hydroxylation is 1. The average molecular weight is 447 g/mol. The van der Waals surface area contributed by atoms with Crippen LogP contribution in [0.2, 0.25) is 0 Å². The fourth-order valence-corrected chi connectivity index (χ4v) is 3.99. The highest BCUT2D eigenvalue weighted by Crippen LogP contribution is 2.20. The van der Waals surface area contributed by atoms with Crippen LogP contribution >= 0.6 is 0 Å². The van der Waals surface area contributed by atoms with Gasteiger partial charge in [-0.2, -0.15) is 0 Å². The molecule has 1 aliphatic heterocycles. The first-order valence-corrected chi connectivity index (χ1v) is 11.9. The zero-order valence-electron chi connectivity index (χ0n) is 18.4. The molecule has 0 radical (unpaired) electrons. The second kappa shape index (κ2) is 9.29. The van der Waals surface area contributed by atoms with E-state index in [1.54, 1.807) is 0 Å². The van der Waals surface area contributed by atoms with Gasteiger partial charge in [0.1, 0.15) is 11.6 Å². The monoisotopic (exact) mass is 446 g/mol. The van der Waals surface area contributed by atoms with Crippen molar-refractivity contribution < 1.29 is 13.2 Å². The van der Waals surface area contributed by atoms with E-state index in [0.717, 1.165) is 43.5 Å². The summed E-state index contributed by atoms with van der Waals surface area (Å²) in [5.74, 6) is 1.90. The van der Waals surface area contributed by atoms with Crippen molar-refractivity contribution in [2.75, 3.05) is 36.4 Å². The summed E-state index contributed by atoms with van der Waals surface area (Å²) >= 11 is 0. The third kappa shape index (κ3) is 5.78. The zero-order valence-corrected chi connectivity index (χ0v) is 19.2. The SMILES string of the molecule is Cc1cc(N2CCN(C(C)C(=O)Nc3ccc(S(N)(=O)=O)cc3)CC2)nc(C(C)C)n1. The van der Waals surface area contributed by atoms with Crippen molar-refractivity contribution in [2.24, 2.45) is 5.14 Å². The van der Waals surface area contributed by atoms with Crippen molar-refractivity contribution in [3.63, 3.8) is 0 Å². The molecule has 3 rings (SSSR count). The maximum absolute atomic E-state index is 12.7. The van der Waals surface area contributed by atoms with E-state index in [9.17, 15) is 13.2 Å². The standard InChI is InChI=1S/C21H30N6O3S/c1-14(2)20-23-15(3)13-19(25-20)27-11-9-26(10-12-27)16(4)21(28)24-17-5-7-18(8-6-17)31(22,29)30/h5-8,13-14,16H,9-12H2,1-4H3,(H,24,28)(H2,22,29,30). The molecule has 0 bridgehead atoms. The van der Waals surface area contributed by atoms with Crippen molar-refractivity contribution in [1.82, 2.24) is 14.9 Å². The third-order valence-electron chi connectivity index (χ3n) is 5.39. The number of amides is 1. The number of primary sulfonamides is 1. The van der Waals surface area contributed by atoms with E-state index in [2.05, 4.69) is 33.9 Å². The Labute approximate surface area is 183 Å². The van der Waals surface area contributed by atoms with Crippen LogP contribution in [0.15, 0.2) is 35.2 Å². The summed E-state index contributed by atoms with van der Waals surface area (Å²) in [5, 5.41) is 7.94. The topological polar surface area (TPSA) is 122 Å². The number of hydrogen-bond donors (Lipinski definition) is 2. The van der Waals surface area contributed by atoms with Gasteiger partial charge in [-0.25, -0.2) is 23.5 Å². The van der Waals surface area contributed by atoms with Gasteiger partial charge in [0.05, 0.1) is 10.9 Å². The highest BCUT2D eigenvalue weighted by atomic mass is 32.2. The Morgan fingerprint density at radius 1 is 1.06 bits per heavy atom. The van der Waals surface area contributed by atoms with Crippen LogP contribution in [0.4, 0.5) is 11.5 Å². The van der Waals surface area contributed by atoms with E-state index >= 15 is 0 Å². The molecule has 168 valence electrons. The zero-order chi connectivity index (χ0) is 22.8. The van der Waals surface area contributed by atoms with Crippen LogP contribution in [0.25, 0.3) is 0 Å². The van der Waals surface area contributed by atoms with Crippen molar-refractivity contribution >= 4 is 27.4 Å². The number of rotatable bonds is 6. The number of benzene rings is 1. The molecule has 0 saturated carbocycles. The molecule has 1 aliphatic rings. The summed E-state index contributed by atoms with van der Waals surface area (Å²) in [7, 11) is -3.75. The van der Waals surface area contributed by atoms with Gasteiger partial charge in [-0.05, 0) is 38.1 Å². The summed E-state index contributed by atoms with van der Waals surface area (Å²) < 4.78 is 22.7. The van der Waals surface area contributed by atoms with Gasteiger partial charge in [0.15, 0.2) is 0 Å². The maximum Gasteiger partial charge on any atom is 0.241 e. The Morgan fingerprint density at radius 2 is 1.68 bits per heavy atom. The molecule has 9 nitrogen and oxygen atoms in total. The number of sulfonamides is 1. The van der Waals surface area contributed by atoms with Gasteiger partial charge in [0.2, 0.25) is 15.9 Å². The lowest BCUT2D eigenvalue weighted by molar-refractivity contribution is -0.120. The fraction of sp³-hybridized carbons (Fsp3) is 0.476. The number of nitrogens with one attached hydrogen (secondary N) is 1. The van der Waals surface area contributed by atoms with Crippen molar-refractivity contribution in [2.45, 2.75) is 44.6 Å². The van der Waals surface area contributed by atoms with Gasteiger partial charge in [0.25, 0.3) is 0 Å². The summed E-state index contributed by atoms with van der Waals surface area (Å²) in [6, 6.07) is 7.51. The van der Waals surface area contributed by atoms with E-state index < -0.39 is 10.0 Å². The van der Waals surface area contributed by atoms with Crippen LogP contribution in [0, 0.1) is 6.92 Å². The lowest BCUT2D eigenvalue weighted by Gasteiger charge is -2.38. The van der Waals surface area contributed by atoms with E-state index in [0.29, 0.717) is 5.69 Å². The number of aromatic nitrogens is 2. The molecule has 0 aliphatic carbocycles. The fourth-order valence-electron chi connectivity index (χ4n) is 3.47. The first-order chi connectivity index (χ1) is 14.5. The van der Waals surface area contributed by atoms with E-state index in [1.807, 2.05) is 19.9 Å². The van der Waals surface area contributed by atoms with Crippen LogP contribution in [0.5, 0.6) is 0 Å². The number of hydrogen-bond acceptors (Lipinski definition) is 7. The third-order valence-corrected chi connectivity index (χ3v) is 6.32. The number of piperazine rings is 1. The maximum atomic E-state index is 12.7. The molecule has 1 aromatic carbocycles. The Balaban J connectivity index is 1.58. The van der Waals surface area contributed by atoms with Gasteiger partial charge in [-0.1, -0.05) is 13.8 Å². The Morgan fingerprint density at radius 3 is 2.23 bits per heavy atom. The Kier molecular flexibility index (Phi) is 6.93. The quantitative estimate of drug-likeness (QED) is 0.693. The van der Waals surface area contributed by atoms with E-state index in [-0.39, 0.29) is 22.8 Å². The second-order valence-electron chi connectivity index (χ2n) is 8.14. The minimum atomic E-state index is -3.75. The lowest BCUT2D eigenvalue weighted by Crippen LogP contribution is -2.53. The van der Waals surface area contributed by atoms with Crippen molar-refractivity contribution in [1.29, 1.82) is 0 Å². The molecule has 1 atom stereocenters. The van der Waals surface area contributed by atoms with Crippen LogP contribution in [0.3, 0.4) is 0 Å². The van der Waals surface area contributed by atoms with Gasteiger partial charge in [-0.3, -0.25) is 9.69 Å². The summed E-state index contributed by atoms with van der Waals surface area (Å²) in [5.41, 5.74) is 1.48. The summed E-state index contributed by atoms with van der Waals surface area (Å²) in [4.78, 5) is 26.3. The summed E-state index contributed by atoms with van der Waals surface area (Å²) in [6.07, 6.45) is 0. The number of nitrogens with zero attached hydrogens (tertiary/aromatic N) is 4. The molecule has 1 saturated heterocycles. The minimum Gasteiger partial charge on any atom is -0.354 e. The normalized spacial score (nSPS) is 16.4. The molecule has 3 N–H and O–H groups in total. The molecule has 1 fully saturated rings. The Hall–Kier alpha value is -2.56. The molecule has 1 aromatic heterocycles. The van der Waals surface area contributed by atoms with Crippen LogP contribution in [0.1, 0.15) is 38.2 Å². The van der Waals surface area contributed by atoms with Gasteiger partial charge in [0, 0.05) is 49.5 Å². The van der Waals surface area contributed by atoms with Gasteiger partial charge < -0.3 is 10.2 Å². The number of carbonyl (C=O) groups is 1. The molecule has 1 amide bonds. The smallest absolute Gasteiger partial charge is 0.241 e. The van der Waals surface area contributed by atoms with Crippen LogP contribution < -0.4 is 15.4 Å². The highest BCUT2D eigenvalue weighted by molar-refractivity contribution is 7.89. The second-order valence-corrected chi connectivity index (χ2v) is 9.70. The minimum absolute atomic E-state index is 0.00949. The van der Waals surface area contributed by atoms with Gasteiger partial charge in [-0.15, -0.1) is 0 Å². The molecule has 2 aromatic rings. The van der Waals surface area contributed by atoms with E-state index in [4.69, 9.17) is 10.1 Å². The van der Waals surface area contributed by atoms with Crippen LogP contribution in [-0.2, 0) is 14.8 Å². The lowest BCUT2D eigenvalue weighted by atomic mass is 10.2. The highest BCUT2D eigenvalue weighted by Gasteiger charge is 2.26. The largest absolute Gasteiger partial charge is 0.354 e. The number of carbonyl (C=O) groups excluding carboxylic acids is 1. The summed E-state index contributed by atoms with van der Waals surface area (Å²) in [6.45, 7) is 11.0. The van der Waals surface area contributed by atoms with Crippen molar-refractivity contribution in [3.8, 4) is 0 Å². The number of anilines is 2. The predicted octanol–water partition coefficient (Wildman–Crippen LogP) is 1.71. The molecular weight excluding hydrogens is 416 g/mol. The molecular formula is C21H30N6O3S. The Bertz CT molecular complexity index is 1030. The van der Waals surface area contributed by atoms with Crippen LogP contribution in [-0.4, -0.2) is 61.4 Å². The first kappa shape index (κ1) is 23.1. The van der Waals surface area contributed by atoms with E-state index in [1.165, 1.54) is 24.3 Å². The molecule has 10 heteroatoms. The average Bonchev–Trinajstić information content (AvgIpc) is 2.72. The molecule has 2 heterocycles.